The fourth-order valence-corrected chi connectivity index (χ4v) is 4.61. The fourth-order valence-electron chi connectivity index (χ4n) is 3.18. The molecule has 0 radical (unpaired) electrons. The molecule has 0 spiro atoms. The molecule has 2 N–H and O–H groups in total. The van der Waals surface area contributed by atoms with Gasteiger partial charge in [-0.3, -0.25) is 14.8 Å². The molecule has 0 aliphatic rings. The highest BCUT2D eigenvalue weighted by Crippen LogP contribution is 2.24. The molecule has 0 fully saturated rings. The van der Waals surface area contributed by atoms with Gasteiger partial charge >= 0.3 is 5.69 Å². The minimum atomic E-state index is -4.02. The molecule has 8 nitrogen and oxygen atoms in total. The van der Waals surface area contributed by atoms with E-state index in [1.54, 1.807) is 18.2 Å². The van der Waals surface area contributed by atoms with Gasteiger partial charge in [0.1, 0.15) is 5.82 Å². The number of sulfonamides is 1. The molecular formula is C21H24N4O4S. The maximum absolute atomic E-state index is 13.3. The third-order valence-corrected chi connectivity index (χ3v) is 6.51. The zero-order valence-corrected chi connectivity index (χ0v) is 17.6. The maximum atomic E-state index is 13.3. The topological polar surface area (TPSA) is 106 Å². The average Bonchev–Trinajstić information content (AvgIpc) is 2.73. The van der Waals surface area contributed by atoms with Gasteiger partial charge in [0.25, 0.3) is 15.6 Å². The van der Waals surface area contributed by atoms with Crippen LogP contribution in [0.15, 0.2) is 75.1 Å². The average molecular weight is 429 g/mol. The van der Waals surface area contributed by atoms with Crippen molar-refractivity contribution in [3.63, 3.8) is 0 Å². The quantitative estimate of drug-likeness (QED) is 0.573. The van der Waals surface area contributed by atoms with Crippen LogP contribution in [0.5, 0.6) is 0 Å². The molecule has 0 atom stereocenters. The van der Waals surface area contributed by atoms with Gasteiger partial charge in [0.15, 0.2) is 0 Å². The van der Waals surface area contributed by atoms with E-state index in [9.17, 15) is 18.0 Å². The second-order valence-corrected chi connectivity index (χ2v) is 8.50. The summed E-state index contributed by atoms with van der Waals surface area (Å²) in [6.45, 7) is 5.80. The Morgan fingerprint density at radius 2 is 1.50 bits per heavy atom. The molecule has 3 aromatic rings. The van der Waals surface area contributed by atoms with Gasteiger partial charge in [-0.05, 0) is 43.7 Å². The van der Waals surface area contributed by atoms with E-state index in [0.29, 0.717) is 5.56 Å². The van der Waals surface area contributed by atoms with Crippen LogP contribution in [-0.2, 0) is 16.6 Å². The van der Waals surface area contributed by atoms with Crippen LogP contribution < -0.4 is 20.5 Å². The fraction of sp³-hybridized carbons (Fsp3) is 0.238. The highest BCUT2D eigenvalue weighted by atomic mass is 32.2. The summed E-state index contributed by atoms with van der Waals surface area (Å²) in [5, 5.41) is 0. The first-order chi connectivity index (χ1) is 14.3. The smallest absolute Gasteiger partial charge is 0.327 e. The third kappa shape index (κ3) is 4.62. The van der Waals surface area contributed by atoms with Gasteiger partial charge in [-0.25, -0.2) is 17.5 Å². The van der Waals surface area contributed by atoms with E-state index in [2.05, 4.69) is 28.7 Å². The standard InChI is InChI=1S/C21H24N4O4S/c1-3-24(4-2)17-12-10-16(11-13-17)15-25(19-14-20(26)23-21(27)22-19)30(28,29)18-8-6-5-7-9-18/h5-14H,3-4,15H2,1-2H3,(H2,22,23,26,27). The number of H-pyrrole nitrogens is 2. The van der Waals surface area contributed by atoms with Gasteiger partial charge < -0.3 is 4.90 Å². The van der Waals surface area contributed by atoms with Crippen molar-refractivity contribution in [2.24, 2.45) is 0 Å². The number of benzene rings is 2. The molecule has 0 aliphatic heterocycles. The van der Waals surface area contributed by atoms with Crippen molar-refractivity contribution in [2.45, 2.75) is 25.3 Å². The van der Waals surface area contributed by atoms with E-state index < -0.39 is 21.3 Å². The van der Waals surface area contributed by atoms with E-state index in [1.165, 1.54) is 12.1 Å². The molecule has 2 aromatic carbocycles. The first-order valence-electron chi connectivity index (χ1n) is 9.60. The highest BCUT2D eigenvalue weighted by molar-refractivity contribution is 7.92. The lowest BCUT2D eigenvalue weighted by Gasteiger charge is -2.25. The molecule has 30 heavy (non-hydrogen) atoms. The Balaban J connectivity index is 2.04. The van der Waals surface area contributed by atoms with Crippen LogP contribution in [-0.4, -0.2) is 31.5 Å². The molecular weight excluding hydrogens is 404 g/mol. The summed E-state index contributed by atoms with van der Waals surface area (Å²) in [6.07, 6.45) is 0. The molecule has 0 saturated carbocycles. The first kappa shape index (κ1) is 21.4. The van der Waals surface area contributed by atoms with E-state index >= 15 is 0 Å². The van der Waals surface area contributed by atoms with Gasteiger partial charge in [-0.2, -0.15) is 0 Å². The molecule has 3 rings (SSSR count). The summed E-state index contributed by atoms with van der Waals surface area (Å²) >= 11 is 0. The molecule has 9 heteroatoms. The van der Waals surface area contributed by atoms with Crippen LogP contribution >= 0.6 is 0 Å². The maximum Gasteiger partial charge on any atom is 0.327 e. The number of aromatic amines is 2. The number of nitrogens with zero attached hydrogens (tertiary/aromatic N) is 2. The van der Waals surface area contributed by atoms with Crippen molar-refractivity contribution in [2.75, 3.05) is 22.3 Å². The minimum Gasteiger partial charge on any atom is -0.372 e. The Morgan fingerprint density at radius 1 is 0.867 bits per heavy atom. The van der Waals surface area contributed by atoms with Crippen LogP contribution in [0, 0.1) is 0 Å². The van der Waals surface area contributed by atoms with Crippen LogP contribution in [0.25, 0.3) is 0 Å². The van der Waals surface area contributed by atoms with E-state index in [-0.39, 0.29) is 17.3 Å². The van der Waals surface area contributed by atoms with Crippen molar-refractivity contribution in [3.05, 3.63) is 87.1 Å². The van der Waals surface area contributed by atoms with Crippen LogP contribution in [0.1, 0.15) is 19.4 Å². The Kier molecular flexibility index (Phi) is 6.41. The monoisotopic (exact) mass is 428 g/mol. The van der Waals surface area contributed by atoms with Crippen molar-refractivity contribution in [3.8, 4) is 0 Å². The molecule has 0 saturated heterocycles. The summed E-state index contributed by atoms with van der Waals surface area (Å²) in [7, 11) is -4.02. The van der Waals surface area contributed by atoms with Gasteiger partial charge in [-0.1, -0.05) is 30.3 Å². The molecule has 1 heterocycles. The number of rotatable bonds is 8. The number of anilines is 2. The Bertz CT molecular complexity index is 1170. The SMILES string of the molecule is CCN(CC)c1ccc(CN(c2cc(=O)[nH]c(=O)[nH]2)S(=O)(=O)c2ccccc2)cc1. The lowest BCUT2D eigenvalue weighted by Crippen LogP contribution is -2.35. The van der Waals surface area contributed by atoms with Crippen molar-refractivity contribution in [1.82, 2.24) is 9.97 Å². The minimum absolute atomic E-state index is 0.0465. The van der Waals surface area contributed by atoms with E-state index in [4.69, 9.17) is 0 Å². The molecule has 0 bridgehead atoms. The number of aromatic nitrogens is 2. The summed E-state index contributed by atoms with van der Waals surface area (Å²) in [6, 6.07) is 16.5. The van der Waals surface area contributed by atoms with Crippen molar-refractivity contribution < 1.29 is 8.42 Å². The number of nitrogens with one attached hydrogen (secondary N) is 2. The van der Waals surface area contributed by atoms with Gasteiger partial charge in [0.05, 0.1) is 11.4 Å². The van der Waals surface area contributed by atoms with E-state index in [0.717, 1.165) is 29.1 Å². The van der Waals surface area contributed by atoms with Crippen molar-refractivity contribution >= 4 is 21.5 Å². The molecule has 0 amide bonds. The second kappa shape index (κ2) is 9.00. The molecule has 0 aliphatic carbocycles. The largest absolute Gasteiger partial charge is 0.372 e. The Morgan fingerprint density at radius 3 is 2.07 bits per heavy atom. The van der Waals surface area contributed by atoms with Crippen LogP contribution in [0.2, 0.25) is 0 Å². The number of hydrogen-bond acceptors (Lipinski definition) is 5. The highest BCUT2D eigenvalue weighted by Gasteiger charge is 2.26. The molecule has 0 unspecified atom stereocenters. The summed E-state index contributed by atoms with van der Waals surface area (Å²) in [5.74, 6) is -0.0968. The predicted molar refractivity (Wildman–Crippen MR) is 117 cm³/mol. The lowest BCUT2D eigenvalue weighted by molar-refractivity contribution is 0.589. The third-order valence-electron chi connectivity index (χ3n) is 4.74. The number of hydrogen-bond donors (Lipinski definition) is 2. The van der Waals surface area contributed by atoms with E-state index in [1.807, 2.05) is 24.3 Å². The Labute approximate surface area is 174 Å². The summed E-state index contributed by atoms with van der Waals surface area (Å²) < 4.78 is 27.7. The van der Waals surface area contributed by atoms with Gasteiger partial charge in [0, 0.05) is 24.8 Å². The van der Waals surface area contributed by atoms with Gasteiger partial charge in [0.2, 0.25) is 0 Å². The van der Waals surface area contributed by atoms with Crippen LogP contribution in [0.3, 0.4) is 0 Å². The normalized spacial score (nSPS) is 11.3. The Hall–Kier alpha value is -3.33. The van der Waals surface area contributed by atoms with Gasteiger partial charge in [-0.15, -0.1) is 0 Å². The lowest BCUT2D eigenvalue weighted by atomic mass is 10.2. The first-order valence-corrected chi connectivity index (χ1v) is 11.0. The summed E-state index contributed by atoms with van der Waals surface area (Å²) in [4.78, 5) is 30.3. The van der Waals surface area contributed by atoms with Crippen molar-refractivity contribution in [1.29, 1.82) is 0 Å². The zero-order valence-electron chi connectivity index (χ0n) is 16.8. The molecule has 1 aromatic heterocycles. The molecule has 158 valence electrons. The predicted octanol–water partition coefficient (Wildman–Crippen LogP) is 2.30. The summed E-state index contributed by atoms with van der Waals surface area (Å²) in [5.41, 5.74) is 0.291. The zero-order chi connectivity index (χ0) is 21.7. The second-order valence-electron chi connectivity index (χ2n) is 6.64. The van der Waals surface area contributed by atoms with Crippen LogP contribution in [0.4, 0.5) is 11.5 Å².